The van der Waals surface area contributed by atoms with Crippen molar-refractivity contribution in [1.82, 2.24) is 0 Å². The van der Waals surface area contributed by atoms with E-state index in [1.807, 2.05) is 6.92 Å². The largest absolute Gasteiger partial charge is 0.465 e. The van der Waals surface area contributed by atoms with Gasteiger partial charge in [-0.3, -0.25) is 9.59 Å². The zero-order valence-corrected chi connectivity index (χ0v) is 15.3. The first-order valence-corrected chi connectivity index (χ1v) is 8.43. The highest BCUT2D eigenvalue weighted by Crippen LogP contribution is 2.20. The van der Waals surface area contributed by atoms with Crippen LogP contribution in [0.15, 0.2) is 65.3 Å². The van der Waals surface area contributed by atoms with E-state index in [2.05, 4.69) is 10.6 Å². The number of ether oxygens (including phenoxy) is 1. The fourth-order valence-electron chi connectivity index (χ4n) is 2.53. The van der Waals surface area contributed by atoms with Crippen molar-refractivity contribution in [3.05, 3.63) is 83.3 Å². The van der Waals surface area contributed by atoms with Gasteiger partial charge in [0.05, 0.1) is 18.9 Å². The van der Waals surface area contributed by atoms with E-state index in [9.17, 15) is 14.4 Å². The van der Waals surface area contributed by atoms with Gasteiger partial charge in [0.1, 0.15) is 0 Å². The maximum atomic E-state index is 12.6. The third-order valence-electron chi connectivity index (χ3n) is 4.03. The van der Waals surface area contributed by atoms with Crippen LogP contribution < -0.4 is 10.6 Å². The zero-order valence-electron chi connectivity index (χ0n) is 15.3. The second-order valence-electron chi connectivity index (χ2n) is 5.99. The lowest BCUT2D eigenvalue weighted by Gasteiger charge is -2.11. The maximum absolute atomic E-state index is 12.6. The number of esters is 1. The Bertz CT molecular complexity index is 1030. The summed E-state index contributed by atoms with van der Waals surface area (Å²) in [6, 6.07) is 14.6. The van der Waals surface area contributed by atoms with Crippen LogP contribution in [0.4, 0.5) is 11.4 Å². The summed E-state index contributed by atoms with van der Waals surface area (Å²) in [5.74, 6) is -1.10. The minimum absolute atomic E-state index is 0.171. The summed E-state index contributed by atoms with van der Waals surface area (Å²) < 4.78 is 9.75. The third-order valence-corrected chi connectivity index (χ3v) is 4.03. The molecule has 0 atom stereocenters. The molecule has 0 aliphatic carbocycles. The Morgan fingerprint density at radius 2 is 1.71 bits per heavy atom. The van der Waals surface area contributed by atoms with Crippen LogP contribution in [0.5, 0.6) is 0 Å². The summed E-state index contributed by atoms with van der Waals surface area (Å²) in [7, 11) is 1.29. The van der Waals surface area contributed by atoms with Gasteiger partial charge in [-0.2, -0.15) is 0 Å². The summed E-state index contributed by atoms with van der Waals surface area (Å²) in [5.41, 5.74) is 2.43. The smallest absolute Gasteiger partial charge is 0.337 e. The van der Waals surface area contributed by atoms with Crippen LogP contribution in [0.3, 0.4) is 0 Å². The van der Waals surface area contributed by atoms with Gasteiger partial charge in [-0.1, -0.05) is 12.1 Å². The Hall–Kier alpha value is -3.87. The van der Waals surface area contributed by atoms with E-state index in [1.54, 1.807) is 54.6 Å². The van der Waals surface area contributed by atoms with Crippen LogP contribution in [-0.4, -0.2) is 24.9 Å². The Balaban J connectivity index is 1.76. The summed E-state index contributed by atoms with van der Waals surface area (Å²) in [4.78, 5) is 36.4. The molecule has 3 aromatic rings. The lowest BCUT2D eigenvalue weighted by atomic mass is 10.1. The third kappa shape index (κ3) is 4.27. The van der Waals surface area contributed by atoms with Crippen molar-refractivity contribution in [3.8, 4) is 0 Å². The van der Waals surface area contributed by atoms with Crippen LogP contribution in [0.2, 0.25) is 0 Å². The molecule has 0 radical (unpaired) electrons. The van der Waals surface area contributed by atoms with E-state index in [0.717, 1.165) is 5.56 Å². The van der Waals surface area contributed by atoms with E-state index in [1.165, 1.54) is 13.4 Å². The predicted octanol–water partition coefficient (Wildman–Crippen LogP) is 3.88. The number of hydrogen-bond donors (Lipinski definition) is 2. The fraction of sp³-hybridized carbons (Fsp3) is 0.0952. The molecule has 3 rings (SSSR count). The fourth-order valence-corrected chi connectivity index (χ4v) is 2.53. The number of nitrogens with one attached hydrogen (secondary N) is 2. The Kier molecular flexibility index (Phi) is 5.55. The monoisotopic (exact) mass is 378 g/mol. The first kappa shape index (κ1) is 18.9. The molecule has 0 saturated heterocycles. The van der Waals surface area contributed by atoms with Crippen molar-refractivity contribution in [2.75, 3.05) is 17.7 Å². The van der Waals surface area contributed by atoms with Gasteiger partial charge in [-0.15, -0.1) is 0 Å². The van der Waals surface area contributed by atoms with Crippen LogP contribution in [-0.2, 0) is 4.74 Å². The molecule has 2 N–H and O–H groups in total. The standard InChI is InChI=1S/C21H18N2O5/c1-13-8-9-15(21(26)27-2)12-17(13)23-19(24)14-5-3-6-16(11-14)22-20(25)18-7-4-10-28-18/h3-12H,1-2H3,(H,22,25)(H,23,24). The van der Waals surface area contributed by atoms with Gasteiger partial charge in [0, 0.05) is 16.9 Å². The molecule has 2 amide bonds. The average molecular weight is 378 g/mol. The summed E-state index contributed by atoms with van der Waals surface area (Å²) >= 11 is 0. The van der Waals surface area contributed by atoms with Gasteiger partial charge in [0.2, 0.25) is 0 Å². The number of anilines is 2. The summed E-state index contributed by atoms with van der Waals surface area (Å²) in [5, 5.41) is 5.45. The molecular formula is C21H18N2O5. The van der Waals surface area contributed by atoms with Crippen LogP contribution >= 0.6 is 0 Å². The van der Waals surface area contributed by atoms with Crippen molar-refractivity contribution in [2.45, 2.75) is 6.92 Å². The van der Waals surface area contributed by atoms with Gasteiger partial charge >= 0.3 is 5.97 Å². The second kappa shape index (κ2) is 8.22. The highest BCUT2D eigenvalue weighted by Gasteiger charge is 2.13. The van der Waals surface area contributed by atoms with Gasteiger partial charge in [0.25, 0.3) is 11.8 Å². The molecule has 2 aromatic carbocycles. The number of furan rings is 1. The molecule has 0 saturated carbocycles. The topological polar surface area (TPSA) is 97.6 Å². The number of aryl methyl sites for hydroxylation is 1. The molecule has 142 valence electrons. The van der Waals surface area contributed by atoms with Gasteiger partial charge in [0.15, 0.2) is 5.76 Å². The molecule has 7 heteroatoms. The van der Waals surface area contributed by atoms with Gasteiger partial charge in [-0.25, -0.2) is 4.79 Å². The van der Waals surface area contributed by atoms with Crippen molar-refractivity contribution in [2.24, 2.45) is 0 Å². The minimum Gasteiger partial charge on any atom is -0.465 e. The van der Waals surface area contributed by atoms with Crippen molar-refractivity contribution in [3.63, 3.8) is 0 Å². The van der Waals surface area contributed by atoms with Crippen molar-refractivity contribution < 1.29 is 23.5 Å². The number of amides is 2. The van der Waals surface area contributed by atoms with Gasteiger partial charge in [-0.05, 0) is 55.0 Å². The SMILES string of the molecule is COC(=O)c1ccc(C)c(NC(=O)c2cccc(NC(=O)c3ccco3)c2)c1. The lowest BCUT2D eigenvalue weighted by Crippen LogP contribution is -2.15. The first-order valence-electron chi connectivity index (χ1n) is 8.43. The van der Waals surface area contributed by atoms with E-state index in [-0.39, 0.29) is 11.7 Å². The number of benzene rings is 2. The van der Waals surface area contributed by atoms with Gasteiger partial charge < -0.3 is 19.8 Å². The highest BCUT2D eigenvalue weighted by molar-refractivity contribution is 6.07. The normalized spacial score (nSPS) is 10.2. The zero-order chi connectivity index (χ0) is 20.1. The van der Waals surface area contributed by atoms with E-state index < -0.39 is 11.9 Å². The van der Waals surface area contributed by atoms with Crippen LogP contribution in [0.1, 0.15) is 36.8 Å². The molecule has 0 fully saturated rings. The molecule has 0 unspecified atom stereocenters. The number of carbonyl (C=O) groups is 3. The summed E-state index contributed by atoms with van der Waals surface area (Å²) in [6.45, 7) is 1.82. The molecule has 0 aliphatic rings. The molecule has 7 nitrogen and oxygen atoms in total. The van der Waals surface area contributed by atoms with Crippen molar-refractivity contribution >= 4 is 29.2 Å². The minimum atomic E-state index is -0.488. The molecule has 0 spiro atoms. The molecule has 1 aromatic heterocycles. The highest BCUT2D eigenvalue weighted by atomic mass is 16.5. The van der Waals surface area contributed by atoms with E-state index in [0.29, 0.717) is 22.5 Å². The van der Waals surface area contributed by atoms with Crippen molar-refractivity contribution in [1.29, 1.82) is 0 Å². The predicted molar refractivity (Wildman–Crippen MR) is 104 cm³/mol. The van der Waals surface area contributed by atoms with Crippen LogP contribution in [0.25, 0.3) is 0 Å². The number of rotatable bonds is 5. The summed E-state index contributed by atoms with van der Waals surface area (Å²) in [6.07, 6.45) is 1.41. The first-order chi connectivity index (χ1) is 13.5. The Morgan fingerprint density at radius 3 is 2.43 bits per heavy atom. The number of carbonyl (C=O) groups excluding carboxylic acids is 3. The van der Waals surface area contributed by atoms with Crippen LogP contribution in [0, 0.1) is 6.92 Å². The molecule has 0 bridgehead atoms. The lowest BCUT2D eigenvalue weighted by molar-refractivity contribution is 0.0600. The number of methoxy groups -OCH3 is 1. The quantitative estimate of drug-likeness (QED) is 0.657. The number of hydrogen-bond acceptors (Lipinski definition) is 5. The molecular weight excluding hydrogens is 360 g/mol. The van der Waals surface area contributed by atoms with E-state index >= 15 is 0 Å². The Labute approximate surface area is 161 Å². The molecule has 1 heterocycles. The molecule has 28 heavy (non-hydrogen) atoms. The van der Waals surface area contributed by atoms with E-state index in [4.69, 9.17) is 9.15 Å². The second-order valence-corrected chi connectivity index (χ2v) is 5.99. The maximum Gasteiger partial charge on any atom is 0.337 e. The Morgan fingerprint density at radius 1 is 0.893 bits per heavy atom. The molecule has 0 aliphatic heterocycles. The average Bonchev–Trinajstić information content (AvgIpc) is 3.24.